The van der Waals surface area contributed by atoms with Crippen molar-refractivity contribution in [1.29, 1.82) is 0 Å². The smallest absolute Gasteiger partial charge is 0.227 e. The second-order valence-electron chi connectivity index (χ2n) is 5.69. The highest BCUT2D eigenvalue weighted by atomic mass is 35.5. The van der Waals surface area contributed by atoms with Gasteiger partial charge in [-0.2, -0.15) is 0 Å². The van der Waals surface area contributed by atoms with Gasteiger partial charge in [-0.25, -0.2) is 4.98 Å². The first-order chi connectivity index (χ1) is 12.1. The molecule has 8 heteroatoms. The molecule has 132 valence electrons. The second-order valence-corrected chi connectivity index (χ2v) is 7.08. The van der Waals surface area contributed by atoms with Gasteiger partial charge in [0.05, 0.1) is 23.1 Å². The Hall–Kier alpha value is -2.12. The predicted molar refractivity (Wildman–Crippen MR) is 97.3 cm³/mol. The first-order valence-corrected chi connectivity index (χ1v) is 9.14. The Morgan fingerprint density at radius 3 is 3.04 bits per heavy atom. The summed E-state index contributed by atoms with van der Waals surface area (Å²) in [6.07, 6.45) is 2.64. The molecule has 2 heterocycles. The summed E-state index contributed by atoms with van der Waals surface area (Å²) in [5.41, 5.74) is 0.675. The number of methoxy groups -OCH3 is 1. The Morgan fingerprint density at radius 1 is 1.52 bits per heavy atom. The molecule has 1 aromatic carbocycles. The Balaban J connectivity index is 1.58. The molecule has 0 unspecified atom stereocenters. The summed E-state index contributed by atoms with van der Waals surface area (Å²) in [5.74, 6) is 0.00605. The van der Waals surface area contributed by atoms with Crippen LogP contribution < -0.4 is 15.0 Å². The number of aromatic nitrogens is 1. The summed E-state index contributed by atoms with van der Waals surface area (Å²) in [5, 5.41) is 6.21. The second kappa shape index (κ2) is 7.84. The third-order valence-electron chi connectivity index (χ3n) is 4.06. The lowest BCUT2D eigenvalue weighted by Gasteiger charge is -2.17. The summed E-state index contributed by atoms with van der Waals surface area (Å²) >= 11 is 7.69. The Morgan fingerprint density at radius 2 is 2.36 bits per heavy atom. The van der Waals surface area contributed by atoms with Crippen LogP contribution in [0.3, 0.4) is 0 Å². The number of hydrogen-bond acceptors (Lipinski definition) is 5. The van der Waals surface area contributed by atoms with E-state index >= 15 is 0 Å². The van der Waals surface area contributed by atoms with Crippen LogP contribution in [0.5, 0.6) is 5.75 Å². The zero-order chi connectivity index (χ0) is 17.8. The molecule has 0 spiro atoms. The van der Waals surface area contributed by atoms with Crippen LogP contribution in [0.2, 0.25) is 5.02 Å². The number of carbonyl (C=O) groups is 2. The quantitative estimate of drug-likeness (QED) is 0.837. The zero-order valence-corrected chi connectivity index (χ0v) is 15.3. The van der Waals surface area contributed by atoms with Crippen LogP contribution in [0.25, 0.3) is 0 Å². The van der Waals surface area contributed by atoms with Gasteiger partial charge in [0.15, 0.2) is 0 Å². The molecule has 1 N–H and O–H groups in total. The molecule has 1 saturated heterocycles. The molecule has 2 amide bonds. The molecule has 25 heavy (non-hydrogen) atoms. The number of hydrogen-bond donors (Lipinski definition) is 1. The van der Waals surface area contributed by atoms with E-state index < -0.39 is 0 Å². The number of ether oxygens (including phenoxy) is 1. The lowest BCUT2D eigenvalue weighted by Crippen LogP contribution is -2.34. The molecule has 1 aliphatic heterocycles. The van der Waals surface area contributed by atoms with Gasteiger partial charge in [0, 0.05) is 43.2 Å². The van der Waals surface area contributed by atoms with E-state index in [-0.39, 0.29) is 24.2 Å². The van der Waals surface area contributed by atoms with Crippen molar-refractivity contribution < 1.29 is 14.3 Å². The fourth-order valence-electron chi connectivity index (χ4n) is 2.77. The SMILES string of the molecule is COc1ccc(N2C[C@@H](C(=O)NCCc3nccs3)CC2=O)cc1Cl. The highest BCUT2D eigenvalue weighted by molar-refractivity contribution is 7.09. The molecular weight excluding hydrogens is 362 g/mol. The standard InChI is InChI=1S/C17H18ClN3O3S/c1-24-14-3-2-12(9-13(14)18)21-10-11(8-16(21)22)17(23)20-5-4-15-19-6-7-25-15/h2-3,6-7,9,11H,4-5,8,10H2,1H3,(H,20,23)/t11-/m0/s1. The average Bonchev–Trinajstić information content (AvgIpc) is 3.24. The highest BCUT2D eigenvalue weighted by Gasteiger charge is 2.35. The van der Waals surface area contributed by atoms with Crippen molar-refractivity contribution in [1.82, 2.24) is 10.3 Å². The summed E-state index contributed by atoms with van der Waals surface area (Å²) in [4.78, 5) is 30.4. The number of thiazole rings is 1. The van der Waals surface area contributed by atoms with Gasteiger partial charge in [0.25, 0.3) is 0 Å². The van der Waals surface area contributed by atoms with Crippen molar-refractivity contribution in [2.45, 2.75) is 12.8 Å². The minimum absolute atomic E-state index is 0.0821. The van der Waals surface area contributed by atoms with E-state index in [1.165, 1.54) is 7.11 Å². The fraction of sp³-hybridized carbons (Fsp3) is 0.353. The van der Waals surface area contributed by atoms with Crippen LogP contribution in [0.15, 0.2) is 29.8 Å². The number of amides is 2. The molecule has 1 fully saturated rings. The van der Waals surface area contributed by atoms with E-state index in [4.69, 9.17) is 16.3 Å². The Bertz CT molecular complexity index is 767. The normalized spacial score (nSPS) is 17.0. The molecule has 6 nitrogen and oxygen atoms in total. The molecule has 2 aromatic rings. The topological polar surface area (TPSA) is 71.5 Å². The van der Waals surface area contributed by atoms with E-state index in [1.807, 2.05) is 5.38 Å². The van der Waals surface area contributed by atoms with Crippen molar-refractivity contribution in [3.63, 3.8) is 0 Å². The predicted octanol–water partition coefficient (Wildman–Crippen LogP) is 2.52. The fourth-order valence-corrected chi connectivity index (χ4v) is 3.64. The van der Waals surface area contributed by atoms with Crippen LogP contribution in [-0.2, 0) is 16.0 Å². The van der Waals surface area contributed by atoms with Gasteiger partial charge in [-0.15, -0.1) is 11.3 Å². The molecule has 0 radical (unpaired) electrons. The number of nitrogens with zero attached hydrogens (tertiary/aromatic N) is 2. The van der Waals surface area contributed by atoms with Crippen LogP contribution in [0, 0.1) is 5.92 Å². The third-order valence-corrected chi connectivity index (χ3v) is 5.20. The van der Waals surface area contributed by atoms with E-state index in [9.17, 15) is 9.59 Å². The van der Waals surface area contributed by atoms with Gasteiger partial charge >= 0.3 is 0 Å². The minimum atomic E-state index is -0.357. The lowest BCUT2D eigenvalue weighted by atomic mass is 10.1. The van der Waals surface area contributed by atoms with Gasteiger partial charge in [0.2, 0.25) is 11.8 Å². The van der Waals surface area contributed by atoms with Gasteiger partial charge in [0.1, 0.15) is 5.75 Å². The van der Waals surface area contributed by atoms with Crippen molar-refractivity contribution in [2.24, 2.45) is 5.92 Å². The number of rotatable bonds is 6. The van der Waals surface area contributed by atoms with Gasteiger partial charge in [-0.05, 0) is 18.2 Å². The number of carbonyl (C=O) groups excluding carboxylic acids is 2. The first-order valence-electron chi connectivity index (χ1n) is 7.88. The van der Waals surface area contributed by atoms with Crippen LogP contribution in [0.1, 0.15) is 11.4 Å². The highest BCUT2D eigenvalue weighted by Crippen LogP contribution is 2.32. The van der Waals surface area contributed by atoms with Crippen molar-refractivity contribution in [3.05, 3.63) is 39.8 Å². The summed E-state index contributed by atoms with van der Waals surface area (Å²) in [6.45, 7) is 0.871. The number of halogens is 1. The van der Waals surface area contributed by atoms with Crippen LogP contribution >= 0.6 is 22.9 Å². The lowest BCUT2D eigenvalue weighted by molar-refractivity contribution is -0.126. The third kappa shape index (κ3) is 4.11. The minimum Gasteiger partial charge on any atom is -0.495 e. The molecule has 1 aromatic heterocycles. The average molecular weight is 380 g/mol. The molecule has 3 rings (SSSR count). The summed E-state index contributed by atoms with van der Waals surface area (Å²) < 4.78 is 5.12. The van der Waals surface area contributed by atoms with E-state index in [0.29, 0.717) is 36.0 Å². The van der Waals surface area contributed by atoms with Crippen molar-refractivity contribution in [3.8, 4) is 5.75 Å². The van der Waals surface area contributed by atoms with Crippen molar-refractivity contribution >= 4 is 40.4 Å². The van der Waals surface area contributed by atoms with E-state index in [2.05, 4.69) is 10.3 Å². The first kappa shape index (κ1) is 17.7. The molecule has 1 aliphatic rings. The number of benzene rings is 1. The maximum atomic E-state index is 12.3. The maximum absolute atomic E-state index is 12.3. The largest absolute Gasteiger partial charge is 0.495 e. The van der Waals surface area contributed by atoms with Crippen LogP contribution in [-0.4, -0.2) is 37.0 Å². The molecule has 1 atom stereocenters. The molecule has 0 bridgehead atoms. The number of anilines is 1. The Kier molecular flexibility index (Phi) is 5.55. The maximum Gasteiger partial charge on any atom is 0.227 e. The van der Waals surface area contributed by atoms with Gasteiger partial charge < -0.3 is 15.0 Å². The zero-order valence-electron chi connectivity index (χ0n) is 13.7. The van der Waals surface area contributed by atoms with Gasteiger partial charge in [-0.3, -0.25) is 9.59 Å². The summed E-state index contributed by atoms with van der Waals surface area (Å²) in [6, 6.07) is 5.17. The van der Waals surface area contributed by atoms with Gasteiger partial charge in [-0.1, -0.05) is 11.6 Å². The number of nitrogens with one attached hydrogen (secondary N) is 1. The van der Waals surface area contributed by atoms with Crippen LogP contribution in [0.4, 0.5) is 5.69 Å². The molecule has 0 aliphatic carbocycles. The van der Waals surface area contributed by atoms with E-state index in [1.54, 1.807) is 40.6 Å². The summed E-state index contributed by atoms with van der Waals surface area (Å²) in [7, 11) is 1.54. The molecular formula is C17H18ClN3O3S. The monoisotopic (exact) mass is 379 g/mol. The molecule has 0 saturated carbocycles. The Labute approximate surface area is 154 Å². The van der Waals surface area contributed by atoms with Crippen molar-refractivity contribution in [2.75, 3.05) is 25.1 Å². The van der Waals surface area contributed by atoms with E-state index in [0.717, 1.165) is 5.01 Å².